The third-order valence-electron chi connectivity index (χ3n) is 5.57. The summed E-state index contributed by atoms with van der Waals surface area (Å²) in [5, 5.41) is 2.68. The van der Waals surface area contributed by atoms with Crippen molar-refractivity contribution in [3.05, 3.63) is 18.0 Å². The Balaban J connectivity index is 1.54. The summed E-state index contributed by atoms with van der Waals surface area (Å²) in [5.74, 6) is -1.33. The molecule has 2 aliphatic rings. The van der Waals surface area contributed by atoms with Crippen LogP contribution in [-0.4, -0.2) is 72.6 Å². The Kier molecular flexibility index (Phi) is 6.27. The second kappa shape index (κ2) is 8.54. The topological polar surface area (TPSA) is 135 Å². The van der Waals surface area contributed by atoms with Gasteiger partial charge in [0.15, 0.2) is 0 Å². The molecule has 2 aliphatic heterocycles. The van der Waals surface area contributed by atoms with Crippen molar-refractivity contribution in [2.45, 2.75) is 30.6 Å². The zero-order valence-electron chi connectivity index (χ0n) is 16.5. The molecular weight excluding hydrogens is 398 g/mol. The largest absolute Gasteiger partial charge is 0.364 e. The van der Waals surface area contributed by atoms with E-state index in [0.717, 1.165) is 25.9 Å². The average Bonchev–Trinajstić information content (AvgIpc) is 3.36. The molecule has 29 heavy (non-hydrogen) atoms. The third kappa shape index (κ3) is 4.61. The smallest absolute Gasteiger partial charge is 0.265 e. The fraction of sp³-hybridized carbons (Fsp3) is 0.611. The molecule has 2 fully saturated rings. The van der Waals surface area contributed by atoms with Gasteiger partial charge in [-0.2, -0.15) is 4.31 Å². The van der Waals surface area contributed by atoms with E-state index in [1.807, 2.05) is 0 Å². The Morgan fingerprint density at radius 2 is 1.76 bits per heavy atom. The number of hydrogen-bond donors (Lipinski definition) is 2. The van der Waals surface area contributed by atoms with Gasteiger partial charge >= 0.3 is 0 Å². The first-order chi connectivity index (χ1) is 13.7. The number of rotatable bonds is 6. The molecule has 11 heteroatoms. The van der Waals surface area contributed by atoms with Crippen LogP contribution in [0.25, 0.3) is 0 Å². The van der Waals surface area contributed by atoms with Crippen LogP contribution in [-0.2, 0) is 26.7 Å². The summed E-state index contributed by atoms with van der Waals surface area (Å²) in [4.78, 5) is 37.5. The van der Waals surface area contributed by atoms with E-state index in [0.29, 0.717) is 12.8 Å². The quantitative estimate of drug-likeness (QED) is 0.619. The minimum absolute atomic E-state index is 0.00733. The molecule has 0 aliphatic carbocycles. The van der Waals surface area contributed by atoms with E-state index in [4.69, 9.17) is 5.73 Å². The predicted octanol–water partition coefficient (Wildman–Crippen LogP) is -0.737. The summed E-state index contributed by atoms with van der Waals surface area (Å²) >= 11 is 0. The number of nitrogens with two attached hydrogens (primary N) is 1. The van der Waals surface area contributed by atoms with E-state index in [1.165, 1.54) is 21.1 Å². The number of piperidine rings is 1. The van der Waals surface area contributed by atoms with Crippen molar-refractivity contribution in [3.63, 3.8) is 0 Å². The number of sulfonamides is 1. The predicted molar refractivity (Wildman–Crippen MR) is 104 cm³/mol. The monoisotopic (exact) mass is 425 g/mol. The fourth-order valence-electron chi connectivity index (χ4n) is 3.81. The minimum atomic E-state index is -3.77. The van der Waals surface area contributed by atoms with Gasteiger partial charge in [0.05, 0.1) is 6.54 Å². The van der Waals surface area contributed by atoms with Gasteiger partial charge in [-0.3, -0.25) is 14.4 Å². The maximum atomic E-state index is 12.8. The van der Waals surface area contributed by atoms with Crippen LogP contribution in [0.5, 0.6) is 0 Å². The summed E-state index contributed by atoms with van der Waals surface area (Å²) in [7, 11) is -2.22. The van der Waals surface area contributed by atoms with Gasteiger partial charge in [0, 0.05) is 45.3 Å². The molecule has 10 nitrogen and oxygen atoms in total. The van der Waals surface area contributed by atoms with E-state index < -0.39 is 15.9 Å². The molecule has 0 spiro atoms. The standard InChI is InChI=1S/C18H27N5O5S/c1-21-12-14(10-15(21)17(19)25)29(27,28)23-8-4-13(5-9-23)18(26)20-11-16(24)22-6-2-3-7-22/h10,12-13H,2-9,11H2,1H3,(H2,19,25)(H,20,26). The number of nitrogens with zero attached hydrogens (tertiary/aromatic N) is 3. The second-order valence-corrected chi connectivity index (χ2v) is 9.46. The molecule has 1 aromatic heterocycles. The maximum absolute atomic E-state index is 12.8. The minimum Gasteiger partial charge on any atom is -0.364 e. The molecule has 1 aromatic rings. The summed E-state index contributed by atoms with van der Waals surface area (Å²) in [5.41, 5.74) is 5.36. The van der Waals surface area contributed by atoms with Gasteiger partial charge in [0.1, 0.15) is 10.6 Å². The highest BCUT2D eigenvalue weighted by Crippen LogP contribution is 2.25. The molecule has 3 heterocycles. The number of carbonyl (C=O) groups is 3. The first-order valence-electron chi connectivity index (χ1n) is 9.72. The van der Waals surface area contributed by atoms with Crippen molar-refractivity contribution in [2.75, 3.05) is 32.7 Å². The molecule has 3 amide bonds. The van der Waals surface area contributed by atoms with Crippen LogP contribution in [0.1, 0.15) is 36.2 Å². The molecule has 3 N–H and O–H groups in total. The molecule has 0 bridgehead atoms. The zero-order valence-corrected chi connectivity index (χ0v) is 17.3. The number of carbonyl (C=O) groups excluding carboxylic acids is 3. The molecule has 2 saturated heterocycles. The number of primary amides is 1. The maximum Gasteiger partial charge on any atom is 0.265 e. The SMILES string of the molecule is Cn1cc(S(=O)(=O)N2CCC(C(=O)NCC(=O)N3CCCC3)CC2)cc1C(N)=O. The summed E-state index contributed by atoms with van der Waals surface area (Å²) < 4.78 is 28.3. The van der Waals surface area contributed by atoms with Crippen molar-refractivity contribution >= 4 is 27.7 Å². The van der Waals surface area contributed by atoms with Gasteiger partial charge in [-0.05, 0) is 31.7 Å². The first kappa shape index (κ1) is 21.3. The van der Waals surface area contributed by atoms with E-state index in [1.54, 1.807) is 11.9 Å². The number of nitrogens with one attached hydrogen (secondary N) is 1. The number of amides is 3. The molecule has 0 aromatic carbocycles. The van der Waals surface area contributed by atoms with Gasteiger partial charge in [-0.1, -0.05) is 0 Å². The van der Waals surface area contributed by atoms with E-state index >= 15 is 0 Å². The van der Waals surface area contributed by atoms with Gasteiger partial charge in [0.25, 0.3) is 5.91 Å². The molecule has 0 radical (unpaired) electrons. The van der Waals surface area contributed by atoms with E-state index in [-0.39, 0.29) is 48.0 Å². The van der Waals surface area contributed by atoms with Crippen molar-refractivity contribution < 1.29 is 22.8 Å². The Morgan fingerprint density at radius 1 is 1.14 bits per heavy atom. The zero-order chi connectivity index (χ0) is 21.2. The van der Waals surface area contributed by atoms with Gasteiger partial charge in [-0.15, -0.1) is 0 Å². The normalized spacial score (nSPS) is 18.7. The Morgan fingerprint density at radius 3 is 2.31 bits per heavy atom. The van der Waals surface area contributed by atoms with Crippen LogP contribution in [0.3, 0.4) is 0 Å². The highest BCUT2D eigenvalue weighted by molar-refractivity contribution is 7.89. The van der Waals surface area contributed by atoms with Crippen LogP contribution in [0.2, 0.25) is 0 Å². The van der Waals surface area contributed by atoms with Crippen LogP contribution >= 0.6 is 0 Å². The summed E-state index contributed by atoms with van der Waals surface area (Å²) in [6.45, 7) is 1.85. The second-order valence-electron chi connectivity index (χ2n) is 7.52. The van der Waals surface area contributed by atoms with Crippen LogP contribution in [0.4, 0.5) is 0 Å². The van der Waals surface area contributed by atoms with Crippen molar-refractivity contribution in [2.24, 2.45) is 18.7 Å². The van der Waals surface area contributed by atoms with Crippen LogP contribution in [0, 0.1) is 5.92 Å². The molecular formula is C18H27N5O5S. The molecule has 3 rings (SSSR count). The number of likely N-dealkylation sites (tertiary alicyclic amines) is 1. The fourth-order valence-corrected chi connectivity index (χ4v) is 5.35. The molecule has 0 saturated carbocycles. The summed E-state index contributed by atoms with van der Waals surface area (Å²) in [6.07, 6.45) is 4.10. The van der Waals surface area contributed by atoms with E-state index in [2.05, 4.69) is 5.32 Å². The Bertz CT molecular complexity index is 896. The van der Waals surface area contributed by atoms with E-state index in [9.17, 15) is 22.8 Å². The lowest BCUT2D eigenvalue weighted by atomic mass is 9.97. The lowest BCUT2D eigenvalue weighted by molar-refractivity contribution is -0.133. The van der Waals surface area contributed by atoms with Gasteiger partial charge < -0.3 is 20.5 Å². The molecule has 0 unspecified atom stereocenters. The average molecular weight is 426 g/mol. The summed E-state index contributed by atoms with van der Waals surface area (Å²) in [6, 6.07) is 1.26. The Hall–Kier alpha value is -2.40. The lowest BCUT2D eigenvalue weighted by Gasteiger charge is -2.30. The van der Waals surface area contributed by atoms with Crippen molar-refractivity contribution in [3.8, 4) is 0 Å². The van der Waals surface area contributed by atoms with Gasteiger partial charge in [-0.25, -0.2) is 8.42 Å². The number of aromatic nitrogens is 1. The van der Waals surface area contributed by atoms with Crippen LogP contribution in [0.15, 0.2) is 17.2 Å². The number of hydrogen-bond acceptors (Lipinski definition) is 5. The highest BCUT2D eigenvalue weighted by Gasteiger charge is 2.33. The molecule has 160 valence electrons. The van der Waals surface area contributed by atoms with Crippen LogP contribution < -0.4 is 11.1 Å². The van der Waals surface area contributed by atoms with Gasteiger partial charge in [0.2, 0.25) is 21.8 Å². The Labute approximate surface area is 170 Å². The number of aryl methyl sites for hydroxylation is 1. The first-order valence-corrected chi connectivity index (χ1v) is 11.2. The van der Waals surface area contributed by atoms with Crippen molar-refractivity contribution in [1.29, 1.82) is 0 Å². The third-order valence-corrected chi connectivity index (χ3v) is 7.43. The highest BCUT2D eigenvalue weighted by atomic mass is 32.2. The lowest BCUT2D eigenvalue weighted by Crippen LogP contribution is -2.45. The van der Waals surface area contributed by atoms with Crippen molar-refractivity contribution in [1.82, 2.24) is 19.1 Å². The molecule has 0 atom stereocenters.